The van der Waals surface area contributed by atoms with Gasteiger partial charge in [0.25, 0.3) is 0 Å². The second-order valence-electron chi connectivity index (χ2n) is 24.0. The van der Waals surface area contributed by atoms with Crippen molar-refractivity contribution in [3.05, 3.63) is 97.2 Å². The average Bonchev–Trinajstić information content (AvgIpc) is 3.44. The standard InChI is InChI=1S/C72H129N2O7P/c1-7-10-13-16-19-22-25-28-30-32-33-34-35-36-37-38-39-40-41-43-44-46-49-52-55-58-61-64-71(75)73-69(68-80-82(77,78)79-67-66-74(4,5)6)70(63-60-57-54-51-48-27-24-21-18-15-12-9-3)81-72(76)65-62-59-56-53-50-47-45-42-31-29-26-23-20-17-14-11-8-2/h19-20,22-23,28-31,33-34,45,47,53,56,60,63,69-70H,7-18,21,24-27,32,35-44,46,48-52,54-55,57-59,61-62,64-68H2,1-6H3,(H-,73,75,77,78)/p+1/b22-19-,23-20-,30-28-,31-29-,34-33-,47-45-,56-53-,63-60-. The van der Waals surface area contributed by atoms with Gasteiger partial charge in [0.1, 0.15) is 19.3 Å². The first-order valence-corrected chi connectivity index (χ1v) is 35.6. The lowest BCUT2D eigenvalue weighted by molar-refractivity contribution is -0.870. The van der Waals surface area contributed by atoms with Gasteiger partial charge in [-0.15, -0.1) is 0 Å². The molecule has 474 valence electrons. The molecule has 3 atom stereocenters. The topological polar surface area (TPSA) is 111 Å². The molecule has 0 aliphatic carbocycles. The highest BCUT2D eigenvalue weighted by Gasteiger charge is 2.30. The van der Waals surface area contributed by atoms with Crippen molar-refractivity contribution in [2.24, 2.45) is 0 Å². The zero-order chi connectivity index (χ0) is 60.0. The van der Waals surface area contributed by atoms with Gasteiger partial charge in [-0.3, -0.25) is 18.6 Å². The van der Waals surface area contributed by atoms with Crippen molar-refractivity contribution >= 4 is 19.7 Å². The second-order valence-corrected chi connectivity index (χ2v) is 25.4. The smallest absolute Gasteiger partial charge is 0.456 e. The Balaban J connectivity index is 5.12. The van der Waals surface area contributed by atoms with Gasteiger partial charge in [0.2, 0.25) is 5.91 Å². The first-order valence-electron chi connectivity index (χ1n) is 34.1. The fourth-order valence-corrected chi connectivity index (χ4v) is 10.2. The minimum atomic E-state index is -4.47. The van der Waals surface area contributed by atoms with Gasteiger partial charge in [0, 0.05) is 12.8 Å². The number of hydrogen-bond donors (Lipinski definition) is 2. The second kappa shape index (κ2) is 61.0. The Kier molecular flexibility index (Phi) is 58.7. The molecule has 0 aliphatic heterocycles. The van der Waals surface area contributed by atoms with E-state index >= 15 is 0 Å². The Morgan fingerprint density at radius 3 is 1.16 bits per heavy atom. The zero-order valence-corrected chi connectivity index (χ0v) is 55.1. The zero-order valence-electron chi connectivity index (χ0n) is 54.2. The third-order valence-corrected chi connectivity index (χ3v) is 15.7. The highest BCUT2D eigenvalue weighted by molar-refractivity contribution is 7.47. The van der Waals surface area contributed by atoms with Crippen molar-refractivity contribution < 1.29 is 37.3 Å². The Bertz CT molecular complexity index is 1720. The maximum atomic E-state index is 13.6. The van der Waals surface area contributed by atoms with Crippen molar-refractivity contribution in [1.29, 1.82) is 0 Å². The van der Waals surface area contributed by atoms with E-state index in [1.54, 1.807) is 0 Å². The van der Waals surface area contributed by atoms with Crippen molar-refractivity contribution in [3.63, 3.8) is 0 Å². The number of unbranched alkanes of at least 4 members (excludes halogenated alkanes) is 31. The summed E-state index contributed by atoms with van der Waals surface area (Å²) < 4.78 is 30.7. The van der Waals surface area contributed by atoms with E-state index in [4.69, 9.17) is 13.8 Å². The van der Waals surface area contributed by atoms with E-state index in [2.05, 4.69) is 111 Å². The molecule has 0 fully saturated rings. The quantitative estimate of drug-likeness (QED) is 0.0205. The van der Waals surface area contributed by atoms with Gasteiger partial charge in [-0.25, -0.2) is 4.57 Å². The van der Waals surface area contributed by atoms with Crippen molar-refractivity contribution in [3.8, 4) is 0 Å². The van der Waals surface area contributed by atoms with Crippen molar-refractivity contribution in [2.45, 2.75) is 309 Å². The molecule has 0 bridgehead atoms. The van der Waals surface area contributed by atoms with Crippen molar-refractivity contribution in [1.82, 2.24) is 5.32 Å². The molecule has 0 rings (SSSR count). The monoisotopic (exact) mass is 1170 g/mol. The summed E-state index contributed by atoms with van der Waals surface area (Å²) in [5.41, 5.74) is 0. The number of likely N-dealkylation sites (N-methyl/N-ethyl adjacent to an activating group) is 1. The molecule has 2 N–H and O–H groups in total. The van der Waals surface area contributed by atoms with E-state index in [0.29, 0.717) is 23.9 Å². The van der Waals surface area contributed by atoms with Gasteiger partial charge in [0.05, 0.1) is 33.8 Å². The molecule has 0 saturated heterocycles. The predicted molar refractivity (Wildman–Crippen MR) is 355 cm³/mol. The fourth-order valence-electron chi connectivity index (χ4n) is 9.47. The van der Waals surface area contributed by atoms with Crippen LogP contribution < -0.4 is 5.32 Å². The third-order valence-electron chi connectivity index (χ3n) is 14.7. The number of nitrogens with one attached hydrogen (secondary N) is 1. The lowest BCUT2D eigenvalue weighted by atomic mass is 10.0. The van der Waals surface area contributed by atoms with Gasteiger partial charge in [-0.1, -0.05) is 272 Å². The molecule has 0 spiro atoms. The number of ether oxygens (including phenoxy) is 1. The SMILES string of the molecule is CCCCC/C=C\C/C=C\C/C=C\C/C=C\CCCC(=O)OC(/C=C\CCCCCCCCCCCC)C(COP(=O)(O)OCC[N+](C)(C)C)NC(=O)CCCCCCCCCCCCCCCC/C=C\C/C=C\C/C=C\CCCCC. The van der Waals surface area contributed by atoms with Crippen molar-refractivity contribution in [2.75, 3.05) is 40.9 Å². The first kappa shape index (κ1) is 78.9. The molecular weight excluding hydrogens is 1040 g/mol. The Labute approximate surface area is 507 Å². The molecule has 10 heteroatoms. The van der Waals surface area contributed by atoms with Gasteiger partial charge in [-0.05, 0) is 109 Å². The summed E-state index contributed by atoms with van der Waals surface area (Å²) in [4.78, 5) is 37.8. The molecule has 0 aromatic heterocycles. The van der Waals surface area contributed by atoms with Crippen LogP contribution >= 0.6 is 7.82 Å². The van der Waals surface area contributed by atoms with E-state index in [0.717, 1.165) is 77.0 Å². The van der Waals surface area contributed by atoms with Gasteiger partial charge < -0.3 is 19.4 Å². The number of esters is 1. The molecule has 0 heterocycles. The van der Waals surface area contributed by atoms with Crippen LogP contribution in [0.3, 0.4) is 0 Å². The summed E-state index contributed by atoms with van der Waals surface area (Å²) >= 11 is 0. The first-order chi connectivity index (χ1) is 39.9. The van der Waals surface area contributed by atoms with E-state index in [1.807, 2.05) is 33.3 Å². The number of phosphoric ester groups is 1. The van der Waals surface area contributed by atoms with Crippen LogP contribution in [0.25, 0.3) is 0 Å². The van der Waals surface area contributed by atoms with Gasteiger partial charge in [0.15, 0.2) is 0 Å². The third kappa shape index (κ3) is 61.5. The number of carbonyl (C=O) groups is 2. The average molecular weight is 1170 g/mol. The minimum absolute atomic E-state index is 0.0285. The highest BCUT2D eigenvalue weighted by Crippen LogP contribution is 2.43. The summed E-state index contributed by atoms with van der Waals surface area (Å²) in [6.45, 7) is 6.93. The Morgan fingerprint density at radius 2 is 0.756 bits per heavy atom. The molecule has 0 aromatic carbocycles. The largest absolute Gasteiger partial charge is 0.472 e. The van der Waals surface area contributed by atoms with Crippen LogP contribution in [0.1, 0.15) is 297 Å². The number of allylic oxidation sites excluding steroid dienone is 15. The van der Waals surface area contributed by atoms with Crippen LogP contribution in [0.4, 0.5) is 0 Å². The fraction of sp³-hybridized carbons (Fsp3) is 0.750. The number of carbonyl (C=O) groups excluding carboxylic acids is 2. The van der Waals surface area contributed by atoms with E-state index in [-0.39, 0.29) is 31.5 Å². The minimum Gasteiger partial charge on any atom is -0.456 e. The molecule has 3 unspecified atom stereocenters. The van der Waals surface area contributed by atoms with Gasteiger partial charge >= 0.3 is 13.8 Å². The molecule has 0 aromatic rings. The summed E-state index contributed by atoms with van der Waals surface area (Å²) in [6, 6.07) is -0.876. The van der Waals surface area contributed by atoms with E-state index in [9.17, 15) is 19.0 Å². The highest BCUT2D eigenvalue weighted by atomic mass is 31.2. The number of nitrogens with zero attached hydrogens (tertiary/aromatic N) is 1. The maximum absolute atomic E-state index is 13.6. The summed E-state index contributed by atoms with van der Waals surface area (Å²) in [6.07, 6.45) is 82.8. The number of phosphoric acid groups is 1. The molecule has 1 amide bonds. The Morgan fingerprint density at radius 1 is 0.427 bits per heavy atom. The lowest BCUT2D eigenvalue weighted by Crippen LogP contribution is -2.47. The number of quaternary nitrogens is 1. The lowest BCUT2D eigenvalue weighted by Gasteiger charge is -2.27. The van der Waals surface area contributed by atoms with E-state index < -0.39 is 20.0 Å². The molecule has 0 saturated carbocycles. The van der Waals surface area contributed by atoms with Crippen LogP contribution in [0, 0.1) is 0 Å². The van der Waals surface area contributed by atoms with E-state index in [1.165, 1.54) is 180 Å². The summed E-state index contributed by atoms with van der Waals surface area (Å²) in [5.74, 6) is -0.569. The number of amides is 1. The summed E-state index contributed by atoms with van der Waals surface area (Å²) in [7, 11) is 1.46. The molecular formula is C72H130N2O7P+. The predicted octanol–water partition coefficient (Wildman–Crippen LogP) is 21.5. The summed E-state index contributed by atoms with van der Waals surface area (Å²) in [5, 5.41) is 3.05. The van der Waals surface area contributed by atoms with Gasteiger partial charge in [-0.2, -0.15) is 0 Å². The van der Waals surface area contributed by atoms with Crippen LogP contribution in [0.15, 0.2) is 97.2 Å². The molecule has 82 heavy (non-hydrogen) atoms. The number of rotatable bonds is 61. The van der Waals surface area contributed by atoms with Crippen LogP contribution in [0.5, 0.6) is 0 Å². The maximum Gasteiger partial charge on any atom is 0.472 e. The molecule has 0 radical (unpaired) electrons. The molecule has 0 aliphatic rings. The van der Waals surface area contributed by atoms with Crippen LogP contribution in [-0.2, 0) is 27.9 Å². The van der Waals surface area contributed by atoms with Crippen LogP contribution in [0.2, 0.25) is 0 Å². The van der Waals surface area contributed by atoms with Crippen LogP contribution in [-0.4, -0.2) is 74.3 Å². The molecule has 9 nitrogen and oxygen atoms in total. The number of hydrogen-bond acceptors (Lipinski definition) is 6. The normalized spacial score (nSPS) is 14.2. The Hall–Kier alpha value is -3.07.